The Labute approximate surface area is 152 Å². The zero-order chi connectivity index (χ0) is 18.5. The molecule has 3 saturated carbocycles. The van der Waals surface area contributed by atoms with Crippen LogP contribution >= 0.6 is 0 Å². The first-order valence-corrected chi connectivity index (χ1v) is 9.54. The van der Waals surface area contributed by atoms with Gasteiger partial charge in [0, 0.05) is 17.8 Å². The third-order valence-electron chi connectivity index (χ3n) is 8.02. The van der Waals surface area contributed by atoms with Crippen LogP contribution in [-0.4, -0.2) is 51.7 Å². The van der Waals surface area contributed by atoms with Crippen molar-refractivity contribution in [2.45, 2.75) is 56.0 Å². The molecule has 4 N–H and O–H groups in total. The predicted molar refractivity (Wildman–Crippen MR) is 91.9 cm³/mol. The van der Waals surface area contributed by atoms with Crippen LogP contribution in [0.2, 0.25) is 0 Å². The van der Waals surface area contributed by atoms with E-state index in [1.54, 1.807) is 12.2 Å². The molecule has 6 heteroatoms. The first-order chi connectivity index (χ1) is 12.3. The van der Waals surface area contributed by atoms with E-state index in [4.69, 9.17) is 10.5 Å². The van der Waals surface area contributed by atoms with Crippen LogP contribution in [0.25, 0.3) is 0 Å². The lowest BCUT2D eigenvalue weighted by Crippen LogP contribution is -2.56. The van der Waals surface area contributed by atoms with E-state index in [1.165, 1.54) is 0 Å². The van der Waals surface area contributed by atoms with Crippen LogP contribution < -0.4 is 5.73 Å². The predicted octanol–water partition coefficient (Wildman–Crippen LogP) is 0.265. The minimum absolute atomic E-state index is 0.00655. The number of epoxide rings is 1. The molecule has 0 aromatic heterocycles. The van der Waals surface area contributed by atoms with E-state index < -0.39 is 23.4 Å². The monoisotopic (exact) mass is 359 g/mol. The number of hydrogen-bond acceptors (Lipinski definition) is 6. The molecule has 4 aliphatic carbocycles. The van der Waals surface area contributed by atoms with E-state index in [-0.39, 0.29) is 41.3 Å². The molecule has 4 fully saturated rings. The second-order valence-corrected chi connectivity index (χ2v) is 8.90. The first kappa shape index (κ1) is 16.8. The second kappa shape index (κ2) is 4.93. The molecule has 1 saturated heterocycles. The Bertz CT molecular complexity index is 774. The average Bonchev–Trinajstić information content (AvgIpc) is 3.20. The van der Waals surface area contributed by atoms with Crippen molar-refractivity contribution in [3.05, 3.63) is 23.8 Å². The number of ether oxygens (including phenoxy) is 1. The standard InChI is InChI=1S/C20H25NO5/c1-18-5-4-11(22)6-10(18)2-3-12-13-7-15(24)20(16(25)9-21)19(13,26-20)8-14(23)17(12)18/h4-6,12-15,17,23-24H,2-3,7-9,21H2,1H3/t12-,13?,14-,15+,17?,18-,19+,20-/m0/s1. The summed E-state index contributed by atoms with van der Waals surface area (Å²) in [7, 11) is 0. The van der Waals surface area contributed by atoms with Gasteiger partial charge in [-0.05, 0) is 43.3 Å². The van der Waals surface area contributed by atoms with Gasteiger partial charge in [-0.2, -0.15) is 0 Å². The fourth-order valence-corrected chi connectivity index (χ4v) is 6.98. The lowest BCUT2D eigenvalue weighted by atomic mass is 9.49. The van der Waals surface area contributed by atoms with Crippen LogP contribution in [0.5, 0.6) is 0 Å². The Balaban J connectivity index is 1.55. The smallest absolute Gasteiger partial charge is 0.183 e. The van der Waals surface area contributed by atoms with Crippen molar-refractivity contribution in [1.29, 1.82) is 0 Å². The third-order valence-corrected chi connectivity index (χ3v) is 8.02. The topological polar surface area (TPSA) is 113 Å². The van der Waals surface area contributed by atoms with Gasteiger partial charge in [0.15, 0.2) is 17.2 Å². The highest BCUT2D eigenvalue weighted by molar-refractivity contribution is 6.01. The average molecular weight is 359 g/mol. The number of Topliss-reactive ketones (excluding diaryl/α,β-unsaturated/α-hetero) is 1. The largest absolute Gasteiger partial charge is 0.393 e. The van der Waals surface area contributed by atoms with E-state index in [9.17, 15) is 19.8 Å². The zero-order valence-electron chi connectivity index (χ0n) is 14.9. The molecule has 140 valence electrons. The van der Waals surface area contributed by atoms with Gasteiger partial charge in [-0.3, -0.25) is 9.59 Å². The molecule has 26 heavy (non-hydrogen) atoms. The van der Waals surface area contributed by atoms with Crippen molar-refractivity contribution in [1.82, 2.24) is 0 Å². The van der Waals surface area contributed by atoms with Crippen LogP contribution in [0.3, 0.4) is 0 Å². The minimum Gasteiger partial charge on any atom is -0.393 e. The molecule has 1 heterocycles. The summed E-state index contributed by atoms with van der Waals surface area (Å²) in [4.78, 5) is 24.3. The molecule has 1 spiro atoms. The van der Waals surface area contributed by atoms with E-state index in [1.807, 2.05) is 6.08 Å². The molecule has 0 radical (unpaired) electrons. The Morgan fingerprint density at radius 3 is 2.92 bits per heavy atom. The number of aliphatic hydroxyl groups excluding tert-OH is 2. The Kier molecular flexibility index (Phi) is 3.18. The number of carbonyl (C=O) groups is 2. The number of ketones is 2. The zero-order valence-corrected chi connectivity index (χ0v) is 14.9. The Hall–Kier alpha value is -1.34. The number of nitrogens with two attached hydrogens (primary N) is 1. The molecular weight excluding hydrogens is 334 g/mol. The van der Waals surface area contributed by atoms with Gasteiger partial charge in [-0.15, -0.1) is 0 Å². The fraction of sp³-hybridized carbons (Fsp3) is 0.700. The van der Waals surface area contributed by atoms with Gasteiger partial charge in [0.2, 0.25) is 0 Å². The number of carbonyl (C=O) groups excluding carboxylic acids is 2. The number of fused-ring (bicyclic) bond motifs is 4. The summed E-state index contributed by atoms with van der Waals surface area (Å²) in [5.41, 5.74) is 4.32. The first-order valence-electron chi connectivity index (χ1n) is 9.54. The van der Waals surface area contributed by atoms with Gasteiger partial charge < -0.3 is 20.7 Å². The van der Waals surface area contributed by atoms with E-state index in [0.717, 1.165) is 18.4 Å². The molecule has 0 aromatic carbocycles. The van der Waals surface area contributed by atoms with Crippen LogP contribution in [0.1, 0.15) is 32.6 Å². The van der Waals surface area contributed by atoms with Gasteiger partial charge in [0.05, 0.1) is 18.8 Å². The number of rotatable bonds is 2. The van der Waals surface area contributed by atoms with Crippen LogP contribution in [0.4, 0.5) is 0 Å². The van der Waals surface area contributed by atoms with Crippen LogP contribution in [0.15, 0.2) is 23.8 Å². The highest BCUT2D eigenvalue weighted by atomic mass is 16.7. The molecule has 6 nitrogen and oxygen atoms in total. The number of allylic oxidation sites excluding steroid dienone is 4. The van der Waals surface area contributed by atoms with Crippen molar-refractivity contribution < 1.29 is 24.5 Å². The van der Waals surface area contributed by atoms with Gasteiger partial charge in [0.1, 0.15) is 5.60 Å². The molecule has 5 rings (SSSR count). The normalized spacial score (nSPS) is 53.9. The van der Waals surface area contributed by atoms with Crippen molar-refractivity contribution in [2.24, 2.45) is 28.9 Å². The van der Waals surface area contributed by atoms with Crippen molar-refractivity contribution in [3.8, 4) is 0 Å². The van der Waals surface area contributed by atoms with Crippen molar-refractivity contribution in [2.75, 3.05) is 6.54 Å². The lowest BCUT2D eigenvalue weighted by Gasteiger charge is -2.55. The summed E-state index contributed by atoms with van der Waals surface area (Å²) in [6.07, 6.45) is 6.22. The maximum Gasteiger partial charge on any atom is 0.183 e. The second-order valence-electron chi connectivity index (χ2n) is 8.90. The molecule has 1 aliphatic heterocycles. The summed E-state index contributed by atoms with van der Waals surface area (Å²) < 4.78 is 5.98. The molecule has 0 bridgehead atoms. The molecular formula is C20H25NO5. The van der Waals surface area contributed by atoms with Gasteiger partial charge in [-0.25, -0.2) is 0 Å². The maximum absolute atomic E-state index is 12.5. The highest BCUT2D eigenvalue weighted by Crippen LogP contribution is 2.72. The minimum atomic E-state index is -1.21. The van der Waals surface area contributed by atoms with E-state index in [0.29, 0.717) is 12.8 Å². The SMILES string of the molecule is C[C@]12C=CC(=O)C=C1CC[C@@H]1C2[C@@H](O)C[C@]23O[C@]2(C(=O)CN)[C@H](O)CC13. The summed E-state index contributed by atoms with van der Waals surface area (Å²) in [5, 5.41) is 21.8. The van der Waals surface area contributed by atoms with Crippen molar-refractivity contribution >= 4 is 11.6 Å². The molecule has 0 amide bonds. The molecule has 2 unspecified atom stereocenters. The summed E-state index contributed by atoms with van der Waals surface area (Å²) in [6.45, 7) is 1.93. The number of hydrogen-bond donors (Lipinski definition) is 3. The van der Waals surface area contributed by atoms with Crippen LogP contribution in [-0.2, 0) is 14.3 Å². The quantitative estimate of drug-likeness (QED) is 0.610. The molecule has 0 aromatic rings. The fourth-order valence-electron chi connectivity index (χ4n) is 6.98. The summed E-state index contributed by atoms with van der Waals surface area (Å²) in [5.74, 6) is -0.118. The highest BCUT2D eigenvalue weighted by Gasteiger charge is 2.86. The number of aliphatic hydroxyl groups is 2. The maximum atomic E-state index is 12.5. The molecule has 8 atom stereocenters. The van der Waals surface area contributed by atoms with Crippen LogP contribution in [0, 0.1) is 23.2 Å². The Morgan fingerprint density at radius 2 is 2.19 bits per heavy atom. The molecule has 5 aliphatic rings. The van der Waals surface area contributed by atoms with E-state index in [2.05, 4.69) is 6.92 Å². The summed E-state index contributed by atoms with van der Waals surface area (Å²) >= 11 is 0. The van der Waals surface area contributed by atoms with Gasteiger partial charge in [0.25, 0.3) is 0 Å². The lowest BCUT2D eigenvalue weighted by molar-refractivity contribution is -0.127. The van der Waals surface area contributed by atoms with E-state index >= 15 is 0 Å². The van der Waals surface area contributed by atoms with Crippen molar-refractivity contribution in [3.63, 3.8) is 0 Å². The van der Waals surface area contributed by atoms with Gasteiger partial charge in [-0.1, -0.05) is 18.6 Å². The third kappa shape index (κ3) is 1.68. The van der Waals surface area contributed by atoms with Gasteiger partial charge >= 0.3 is 0 Å². The Morgan fingerprint density at radius 1 is 1.42 bits per heavy atom. The summed E-state index contributed by atoms with van der Waals surface area (Å²) in [6, 6.07) is 0.